The van der Waals surface area contributed by atoms with Crippen LogP contribution in [-0.4, -0.2) is 23.4 Å². The summed E-state index contributed by atoms with van der Waals surface area (Å²) >= 11 is 0. The van der Waals surface area contributed by atoms with E-state index in [2.05, 4.69) is 10.4 Å². The third-order valence-corrected chi connectivity index (χ3v) is 2.75. The first-order valence-corrected chi connectivity index (χ1v) is 5.77. The van der Waals surface area contributed by atoms with Gasteiger partial charge >= 0.3 is 6.55 Å². The molecular weight excluding hydrogens is 236 g/mol. The third-order valence-electron chi connectivity index (χ3n) is 2.75. The van der Waals surface area contributed by atoms with Gasteiger partial charge in [0, 0.05) is 11.8 Å². The fraction of sp³-hybridized carbons (Fsp3) is 0.308. The highest BCUT2D eigenvalue weighted by Crippen LogP contribution is 2.21. The maximum absolute atomic E-state index is 12.4. The first-order valence-electron chi connectivity index (χ1n) is 5.77. The van der Waals surface area contributed by atoms with Crippen LogP contribution in [0.1, 0.15) is 12.1 Å². The highest BCUT2D eigenvalue weighted by atomic mass is 19.3. The van der Waals surface area contributed by atoms with E-state index >= 15 is 0 Å². The molecule has 0 amide bonds. The molecule has 18 heavy (non-hydrogen) atoms. The fourth-order valence-corrected chi connectivity index (χ4v) is 1.73. The monoisotopic (exact) mass is 251 g/mol. The summed E-state index contributed by atoms with van der Waals surface area (Å²) in [5.74, 6) is 0. The summed E-state index contributed by atoms with van der Waals surface area (Å²) in [5.41, 5.74) is 2.82. The minimum Gasteiger partial charge on any atom is -0.319 e. The van der Waals surface area contributed by atoms with E-state index in [9.17, 15) is 8.78 Å². The van der Waals surface area contributed by atoms with Crippen molar-refractivity contribution in [3.05, 3.63) is 42.2 Å². The molecule has 0 unspecified atom stereocenters. The molecule has 1 aromatic heterocycles. The van der Waals surface area contributed by atoms with Crippen LogP contribution in [0, 0.1) is 0 Å². The predicted molar refractivity (Wildman–Crippen MR) is 66.5 cm³/mol. The van der Waals surface area contributed by atoms with Crippen LogP contribution in [0.2, 0.25) is 0 Å². The van der Waals surface area contributed by atoms with Crippen LogP contribution in [0.25, 0.3) is 11.1 Å². The van der Waals surface area contributed by atoms with E-state index < -0.39 is 6.55 Å². The molecule has 1 heterocycles. The SMILES string of the molecule is CNCCc1ccc(-c2cnn(C(F)F)c2)cc1. The van der Waals surface area contributed by atoms with Gasteiger partial charge in [0.05, 0.1) is 6.20 Å². The number of halogens is 2. The lowest BCUT2D eigenvalue weighted by molar-refractivity contribution is 0.0566. The van der Waals surface area contributed by atoms with E-state index in [4.69, 9.17) is 0 Å². The molecule has 0 atom stereocenters. The zero-order valence-corrected chi connectivity index (χ0v) is 10.1. The number of nitrogens with one attached hydrogen (secondary N) is 1. The summed E-state index contributed by atoms with van der Waals surface area (Å²) in [6.45, 7) is -1.67. The molecule has 3 nitrogen and oxygen atoms in total. The Labute approximate surface area is 104 Å². The lowest BCUT2D eigenvalue weighted by Crippen LogP contribution is -2.10. The van der Waals surface area contributed by atoms with Crippen LogP contribution in [0.3, 0.4) is 0 Å². The van der Waals surface area contributed by atoms with Gasteiger partial charge in [0.15, 0.2) is 0 Å². The van der Waals surface area contributed by atoms with Crippen LogP contribution in [0.15, 0.2) is 36.7 Å². The fourth-order valence-electron chi connectivity index (χ4n) is 1.73. The van der Waals surface area contributed by atoms with Gasteiger partial charge in [-0.1, -0.05) is 24.3 Å². The molecule has 0 bridgehead atoms. The molecule has 5 heteroatoms. The number of benzene rings is 1. The average molecular weight is 251 g/mol. The first-order chi connectivity index (χ1) is 8.70. The summed E-state index contributed by atoms with van der Waals surface area (Å²) < 4.78 is 25.4. The van der Waals surface area contributed by atoms with Crippen molar-refractivity contribution >= 4 is 0 Å². The molecule has 0 aliphatic heterocycles. The van der Waals surface area contributed by atoms with Gasteiger partial charge in [-0.15, -0.1) is 0 Å². The summed E-state index contributed by atoms with van der Waals surface area (Å²) in [4.78, 5) is 0. The van der Waals surface area contributed by atoms with Crippen LogP contribution < -0.4 is 5.32 Å². The van der Waals surface area contributed by atoms with Crippen molar-refractivity contribution in [1.29, 1.82) is 0 Å². The second kappa shape index (κ2) is 5.73. The third kappa shape index (κ3) is 2.92. The van der Waals surface area contributed by atoms with Gasteiger partial charge in [0.25, 0.3) is 0 Å². The number of aromatic nitrogens is 2. The van der Waals surface area contributed by atoms with E-state index in [0.717, 1.165) is 18.5 Å². The van der Waals surface area contributed by atoms with Crippen molar-refractivity contribution in [2.75, 3.05) is 13.6 Å². The standard InChI is InChI=1S/C13H15F2N3/c1-16-7-6-10-2-4-11(5-3-10)12-8-17-18(9-12)13(14)15/h2-5,8-9,13,16H,6-7H2,1H3. The number of hydrogen-bond donors (Lipinski definition) is 1. The average Bonchev–Trinajstić information content (AvgIpc) is 2.87. The minimum atomic E-state index is -2.59. The molecule has 0 aliphatic carbocycles. The highest BCUT2D eigenvalue weighted by molar-refractivity contribution is 5.61. The van der Waals surface area contributed by atoms with Crippen LogP contribution in [0.4, 0.5) is 8.78 Å². The molecule has 0 aliphatic rings. The van der Waals surface area contributed by atoms with Gasteiger partial charge < -0.3 is 5.32 Å². The smallest absolute Gasteiger partial charge is 0.319 e. The molecule has 0 fully saturated rings. The van der Waals surface area contributed by atoms with E-state index in [-0.39, 0.29) is 0 Å². The number of rotatable bonds is 5. The molecule has 2 rings (SSSR count). The molecule has 1 aromatic carbocycles. The zero-order chi connectivity index (χ0) is 13.0. The second-order valence-corrected chi connectivity index (χ2v) is 4.04. The van der Waals surface area contributed by atoms with Gasteiger partial charge in [-0.25, -0.2) is 4.68 Å². The Morgan fingerprint density at radius 3 is 2.50 bits per heavy atom. The number of hydrogen-bond acceptors (Lipinski definition) is 2. The molecule has 0 saturated carbocycles. The summed E-state index contributed by atoms with van der Waals surface area (Å²) in [6.07, 6.45) is 3.76. The maximum atomic E-state index is 12.4. The van der Waals surface area contributed by atoms with Crippen LogP contribution >= 0.6 is 0 Å². The van der Waals surface area contributed by atoms with E-state index in [1.54, 1.807) is 0 Å². The Morgan fingerprint density at radius 1 is 1.22 bits per heavy atom. The molecule has 96 valence electrons. The van der Waals surface area contributed by atoms with Crippen molar-refractivity contribution in [2.45, 2.75) is 13.0 Å². The summed E-state index contributed by atoms with van der Waals surface area (Å²) in [7, 11) is 1.91. The van der Waals surface area contributed by atoms with Crippen molar-refractivity contribution in [3.63, 3.8) is 0 Å². The Bertz CT molecular complexity index is 491. The summed E-state index contributed by atoms with van der Waals surface area (Å²) in [6, 6.07) is 7.87. The maximum Gasteiger partial charge on any atom is 0.333 e. The molecule has 0 saturated heterocycles. The van der Waals surface area contributed by atoms with E-state index in [1.165, 1.54) is 18.0 Å². The number of likely N-dealkylation sites (N-methyl/N-ethyl adjacent to an activating group) is 1. The highest BCUT2D eigenvalue weighted by Gasteiger charge is 2.08. The topological polar surface area (TPSA) is 29.9 Å². The molecule has 0 spiro atoms. The minimum absolute atomic E-state index is 0.657. The Kier molecular flexibility index (Phi) is 4.04. The lowest BCUT2D eigenvalue weighted by Gasteiger charge is -2.02. The van der Waals surface area contributed by atoms with Crippen molar-refractivity contribution < 1.29 is 8.78 Å². The normalized spacial score (nSPS) is 11.1. The van der Waals surface area contributed by atoms with Gasteiger partial charge in [0.1, 0.15) is 0 Å². The first kappa shape index (κ1) is 12.7. The molecule has 2 aromatic rings. The second-order valence-electron chi connectivity index (χ2n) is 4.04. The largest absolute Gasteiger partial charge is 0.333 e. The Hall–Kier alpha value is -1.75. The predicted octanol–water partition coefficient (Wildman–Crippen LogP) is 2.71. The Morgan fingerprint density at radius 2 is 1.94 bits per heavy atom. The van der Waals surface area contributed by atoms with Crippen molar-refractivity contribution in [2.24, 2.45) is 0 Å². The van der Waals surface area contributed by atoms with Gasteiger partial charge in [-0.2, -0.15) is 13.9 Å². The van der Waals surface area contributed by atoms with Gasteiger partial charge in [0.2, 0.25) is 0 Å². The van der Waals surface area contributed by atoms with Crippen LogP contribution in [0.5, 0.6) is 0 Å². The van der Waals surface area contributed by atoms with E-state index in [1.807, 2.05) is 31.3 Å². The van der Waals surface area contributed by atoms with Gasteiger partial charge in [-0.3, -0.25) is 0 Å². The molecular formula is C13H15F2N3. The summed E-state index contributed by atoms with van der Waals surface area (Å²) in [5, 5.41) is 6.70. The van der Waals surface area contributed by atoms with E-state index in [0.29, 0.717) is 10.2 Å². The van der Waals surface area contributed by atoms with Crippen molar-refractivity contribution in [3.8, 4) is 11.1 Å². The zero-order valence-electron chi connectivity index (χ0n) is 10.1. The molecule has 0 radical (unpaired) electrons. The lowest BCUT2D eigenvalue weighted by atomic mass is 10.1. The number of nitrogens with zero attached hydrogens (tertiary/aromatic N) is 2. The Balaban J connectivity index is 2.12. The van der Waals surface area contributed by atoms with Crippen LogP contribution in [-0.2, 0) is 6.42 Å². The van der Waals surface area contributed by atoms with Crippen molar-refractivity contribution in [1.82, 2.24) is 15.1 Å². The quantitative estimate of drug-likeness (QED) is 0.885. The van der Waals surface area contributed by atoms with Gasteiger partial charge in [-0.05, 0) is 31.1 Å². The molecule has 1 N–H and O–H groups in total. The number of alkyl halides is 2.